The van der Waals surface area contributed by atoms with Crippen LogP contribution < -0.4 is 14.8 Å². The lowest BCUT2D eigenvalue weighted by atomic mass is 10.1. The molecule has 0 saturated heterocycles. The second-order valence-electron chi connectivity index (χ2n) is 4.34. The summed E-state index contributed by atoms with van der Waals surface area (Å²) >= 11 is 0. The van der Waals surface area contributed by atoms with Crippen molar-refractivity contribution in [3.8, 4) is 11.5 Å². The molecule has 6 heteroatoms. The van der Waals surface area contributed by atoms with Crippen LogP contribution in [0.4, 0.5) is 0 Å². The quantitative estimate of drug-likeness (QED) is 0.627. The van der Waals surface area contributed by atoms with Gasteiger partial charge in [-0.1, -0.05) is 13.0 Å². The summed E-state index contributed by atoms with van der Waals surface area (Å²) in [5, 5.41) is 20.9. The van der Waals surface area contributed by atoms with E-state index in [1.165, 1.54) is 7.11 Å². The summed E-state index contributed by atoms with van der Waals surface area (Å²) in [6, 6.07) is 5.35. The molecule has 0 spiro atoms. The minimum absolute atomic E-state index is 0.0592. The Bertz CT molecular complexity index is 432. The van der Waals surface area contributed by atoms with Crippen LogP contribution in [0.15, 0.2) is 18.2 Å². The Morgan fingerprint density at radius 1 is 1.40 bits per heavy atom. The van der Waals surface area contributed by atoms with Gasteiger partial charge in [0, 0.05) is 12.6 Å². The second-order valence-corrected chi connectivity index (χ2v) is 4.34. The monoisotopic (exact) mass is 283 g/mol. The van der Waals surface area contributed by atoms with Crippen molar-refractivity contribution in [3.63, 3.8) is 0 Å². The molecular weight excluding hydrogens is 262 g/mol. The van der Waals surface area contributed by atoms with E-state index >= 15 is 0 Å². The third-order valence-corrected chi connectivity index (χ3v) is 2.89. The molecule has 0 aliphatic heterocycles. The van der Waals surface area contributed by atoms with Crippen molar-refractivity contribution in [3.05, 3.63) is 23.8 Å². The van der Waals surface area contributed by atoms with Crippen molar-refractivity contribution in [2.45, 2.75) is 25.9 Å². The minimum Gasteiger partial charge on any atom is -0.493 e. The third-order valence-electron chi connectivity index (χ3n) is 2.89. The highest BCUT2D eigenvalue weighted by Crippen LogP contribution is 2.28. The van der Waals surface area contributed by atoms with Crippen molar-refractivity contribution in [2.75, 3.05) is 20.3 Å². The van der Waals surface area contributed by atoms with Gasteiger partial charge in [-0.3, -0.25) is 0 Å². The van der Waals surface area contributed by atoms with E-state index in [4.69, 9.17) is 19.7 Å². The Kier molecular flexibility index (Phi) is 6.83. The number of hydrogen-bond donors (Lipinski definition) is 3. The molecule has 0 aliphatic rings. The predicted octanol–water partition coefficient (Wildman–Crippen LogP) is 1.02. The molecule has 0 saturated carbocycles. The van der Waals surface area contributed by atoms with Gasteiger partial charge in [-0.25, -0.2) is 4.79 Å². The van der Waals surface area contributed by atoms with Crippen LogP contribution in [0.25, 0.3) is 0 Å². The molecule has 1 atom stereocenters. The van der Waals surface area contributed by atoms with Crippen LogP contribution >= 0.6 is 0 Å². The van der Waals surface area contributed by atoms with Gasteiger partial charge in [-0.15, -0.1) is 0 Å². The number of carboxylic acids is 1. The topological polar surface area (TPSA) is 88.0 Å². The van der Waals surface area contributed by atoms with Gasteiger partial charge < -0.3 is 25.0 Å². The van der Waals surface area contributed by atoms with Crippen LogP contribution in [0.3, 0.4) is 0 Å². The molecule has 0 bridgehead atoms. The fraction of sp³-hybridized carbons (Fsp3) is 0.500. The lowest BCUT2D eigenvalue weighted by molar-refractivity contribution is -0.139. The zero-order valence-corrected chi connectivity index (χ0v) is 11.8. The van der Waals surface area contributed by atoms with Gasteiger partial charge >= 0.3 is 5.97 Å². The molecule has 1 rings (SSSR count). The molecule has 0 amide bonds. The molecule has 112 valence electrons. The maximum absolute atomic E-state index is 10.5. The number of aliphatic hydroxyl groups is 1. The van der Waals surface area contributed by atoms with Crippen molar-refractivity contribution in [1.82, 2.24) is 5.32 Å². The smallest absolute Gasteiger partial charge is 0.341 e. The van der Waals surface area contributed by atoms with Crippen molar-refractivity contribution < 1.29 is 24.5 Å². The van der Waals surface area contributed by atoms with Crippen molar-refractivity contribution >= 4 is 5.97 Å². The normalized spacial score (nSPS) is 11.9. The Morgan fingerprint density at radius 3 is 2.70 bits per heavy atom. The van der Waals surface area contributed by atoms with Crippen LogP contribution in [0.2, 0.25) is 0 Å². The molecule has 0 heterocycles. The molecule has 0 aromatic heterocycles. The average Bonchev–Trinajstić information content (AvgIpc) is 2.46. The Morgan fingerprint density at radius 2 is 2.15 bits per heavy atom. The summed E-state index contributed by atoms with van der Waals surface area (Å²) in [7, 11) is 1.50. The van der Waals surface area contributed by atoms with Gasteiger partial charge in [-0.05, 0) is 24.1 Å². The number of aliphatic hydroxyl groups excluding tert-OH is 1. The summed E-state index contributed by atoms with van der Waals surface area (Å²) < 4.78 is 10.3. The van der Waals surface area contributed by atoms with E-state index in [2.05, 4.69) is 5.32 Å². The number of methoxy groups -OCH3 is 1. The van der Waals surface area contributed by atoms with Gasteiger partial charge in [0.2, 0.25) is 0 Å². The molecular formula is C14H21NO5. The predicted molar refractivity (Wildman–Crippen MR) is 74.1 cm³/mol. The zero-order valence-electron chi connectivity index (χ0n) is 11.8. The minimum atomic E-state index is -1.04. The van der Waals surface area contributed by atoms with Gasteiger partial charge in [0.1, 0.15) is 0 Å². The second kappa shape index (κ2) is 8.39. The van der Waals surface area contributed by atoms with E-state index in [-0.39, 0.29) is 12.6 Å². The molecule has 0 aliphatic carbocycles. The largest absolute Gasteiger partial charge is 0.493 e. The average molecular weight is 283 g/mol. The van der Waals surface area contributed by atoms with E-state index in [1.807, 2.05) is 13.0 Å². The van der Waals surface area contributed by atoms with Crippen molar-refractivity contribution in [1.29, 1.82) is 0 Å². The maximum atomic E-state index is 10.5. The van der Waals surface area contributed by atoms with E-state index in [9.17, 15) is 4.79 Å². The third kappa shape index (κ3) is 5.07. The maximum Gasteiger partial charge on any atom is 0.341 e. The van der Waals surface area contributed by atoms with Crippen LogP contribution in [0.5, 0.6) is 11.5 Å². The number of carboxylic acid groups (broad SMARTS) is 1. The van der Waals surface area contributed by atoms with Crippen molar-refractivity contribution in [2.24, 2.45) is 0 Å². The molecule has 0 fully saturated rings. The highest BCUT2D eigenvalue weighted by atomic mass is 16.5. The molecule has 20 heavy (non-hydrogen) atoms. The number of hydrogen-bond acceptors (Lipinski definition) is 5. The number of ether oxygens (including phenoxy) is 2. The van der Waals surface area contributed by atoms with Crippen LogP contribution in [0, 0.1) is 0 Å². The first-order valence-corrected chi connectivity index (χ1v) is 6.46. The van der Waals surface area contributed by atoms with E-state index in [0.717, 1.165) is 12.0 Å². The number of benzene rings is 1. The highest BCUT2D eigenvalue weighted by Gasteiger charge is 2.09. The Balaban J connectivity index is 2.68. The molecule has 1 aromatic carbocycles. The van der Waals surface area contributed by atoms with Crippen LogP contribution in [-0.2, 0) is 11.3 Å². The van der Waals surface area contributed by atoms with E-state index in [0.29, 0.717) is 18.0 Å². The first kappa shape index (κ1) is 16.3. The molecule has 6 nitrogen and oxygen atoms in total. The standard InChI is InChI=1S/C14H21NO5/c1-3-11(8-16)15-7-10-4-5-12(13(6-10)19-2)20-9-14(17)18/h4-6,11,15-16H,3,7-9H2,1-2H3,(H,17,18)/t11-/m1/s1. The number of rotatable bonds is 9. The van der Waals surface area contributed by atoms with Crippen LogP contribution in [0.1, 0.15) is 18.9 Å². The molecule has 1 aromatic rings. The summed E-state index contributed by atoms with van der Waals surface area (Å²) in [4.78, 5) is 10.5. The zero-order chi connectivity index (χ0) is 15.0. The Labute approximate surface area is 118 Å². The summed E-state index contributed by atoms with van der Waals surface area (Å²) in [6.07, 6.45) is 0.841. The van der Waals surface area contributed by atoms with Gasteiger partial charge in [0.15, 0.2) is 18.1 Å². The van der Waals surface area contributed by atoms with E-state index < -0.39 is 12.6 Å². The Hall–Kier alpha value is -1.79. The number of aliphatic carboxylic acids is 1. The lowest BCUT2D eigenvalue weighted by Gasteiger charge is -2.15. The number of nitrogens with one attached hydrogen (secondary N) is 1. The molecule has 0 radical (unpaired) electrons. The summed E-state index contributed by atoms with van der Waals surface area (Å²) in [6.45, 7) is 2.27. The molecule has 3 N–H and O–H groups in total. The molecule has 0 unspecified atom stereocenters. The fourth-order valence-corrected chi connectivity index (χ4v) is 1.68. The SMILES string of the molecule is CC[C@H](CO)NCc1ccc(OCC(=O)O)c(OC)c1. The number of carbonyl (C=O) groups is 1. The highest BCUT2D eigenvalue weighted by molar-refractivity contribution is 5.68. The fourth-order valence-electron chi connectivity index (χ4n) is 1.68. The van der Waals surface area contributed by atoms with Crippen LogP contribution in [-0.4, -0.2) is 42.5 Å². The van der Waals surface area contributed by atoms with Gasteiger partial charge in [0.05, 0.1) is 13.7 Å². The summed E-state index contributed by atoms with van der Waals surface area (Å²) in [5.74, 6) is -0.151. The first-order valence-electron chi connectivity index (χ1n) is 6.46. The lowest BCUT2D eigenvalue weighted by Crippen LogP contribution is -2.31. The first-order chi connectivity index (χ1) is 9.60. The van der Waals surface area contributed by atoms with Gasteiger partial charge in [0.25, 0.3) is 0 Å². The summed E-state index contributed by atoms with van der Waals surface area (Å²) in [5.41, 5.74) is 0.969. The van der Waals surface area contributed by atoms with E-state index in [1.54, 1.807) is 12.1 Å². The van der Waals surface area contributed by atoms with Gasteiger partial charge in [-0.2, -0.15) is 0 Å².